The molecule has 1 aromatic carbocycles. The smallest absolute Gasteiger partial charge is 0.159 e. The summed E-state index contributed by atoms with van der Waals surface area (Å²) in [6.07, 6.45) is 4.71. The van der Waals surface area contributed by atoms with Gasteiger partial charge in [0, 0.05) is 18.0 Å². The largest absolute Gasteiger partial charge is 0.238 e. The zero-order chi connectivity index (χ0) is 13.0. The van der Waals surface area contributed by atoms with Crippen LogP contribution in [0.1, 0.15) is 24.2 Å². The number of hydrogen-bond donors (Lipinski definition) is 0. The van der Waals surface area contributed by atoms with Crippen LogP contribution in [-0.2, 0) is 6.42 Å². The Morgan fingerprint density at radius 1 is 1.22 bits per heavy atom. The highest BCUT2D eigenvalue weighted by Gasteiger charge is 2.06. The van der Waals surface area contributed by atoms with E-state index >= 15 is 0 Å². The molecule has 0 aliphatic rings. The molecule has 0 amide bonds. The molecular weight excluding hydrogens is 227 g/mol. The van der Waals surface area contributed by atoms with Gasteiger partial charge in [-0.05, 0) is 17.5 Å². The summed E-state index contributed by atoms with van der Waals surface area (Å²) in [5.41, 5.74) is 2.59. The van der Waals surface area contributed by atoms with Crippen LogP contribution in [-0.4, -0.2) is 9.97 Å². The van der Waals surface area contributed by atoms with E-state index < -0.39 is 6.17 Å². The lowest BCUT2D eigenvalue weighted by Gasteiger charge is -2.05. The summed E-state index contributed by atoms with van der Waals surface area (Å²) >= 11 is 0. The molecule has 0 saturated heterocycles. The average Bonchev–Trinajstić information content (AvgIpc) is 2.47. The Hall–Kier alpha value is -2.03. The summed E-state index contributed by atoms with van der Waals surface area (Å²) in [5, 5.41) is 0. The predicted octanol–water partition coefficient (Wildman–Crippen LogP) is 3.90. The summed E-state index contributed by atoms with van der Waals surface area (Å²) in [7, 11) is 0. The number of halogens is 1. The molecule has 0 radical (unpaired) electrons. The van der Waals surface area contributed by atoms with E-state index in [9.17, 15) is 4.39 Å². The maximum atomic E-state index is 13.3. The molecule has 92 valence electrons. The van der Waals surface area contributed by atoms with Gasteiger partial charge in [-0.2, -0.15) is 0 Å². The predicted molar refractivity (Wildman–Crippen MR) is 70.9 cm³/mol. The number of rotatable bonds is 4. The molecule has 0 saturated carbocycles. The maximum Gasteiger partial charge on any atom is 0.159 e. The molecule has 1 unspecified atom stereocenters. The minimum atomic E-state index is -1.12. The second-order valence-corrected chi connectivity index (χ2v) is 4.03. The fourth-order valence-corrected chi connectivity index (χ4v) is 1.64. The Bertz CT molecular complexity index is 517. The van der Waals surface area contributed by atoms with Gasteiger partial charge in [-0.3, -0.25) is 0 Å². The zero-order valence-corrected chi connectivity index (χ0v) is 10.3. The summed E-state index contributed by atoms with van der Waals surface area (Å²) in [6.45, 7) is 5.50. The highest BCUT2D eigenvalue weighted by Crippen LogP contribution is 2.22. The van der Waals surface area contributed by atoms with Gasteiger partial charge in [-0.1, -0.05) is 43.8 Å². The van der Waals surface area contributed by atoms with Crippen LogP contribution in [0.25, 0.3) is 11.4 Å². The van der Waals surface area contributed by atoms with Crippen LogP contribution in [0.2, 0.25) is 0 Å². The first-order valence-corrected chi connectivity index (χ1v) is 5.92. The van der Waals surface area contributed by atoms with Crippen molar-refractivity contribution >= 4 is 0 Å². The zero-order valence-electron chi connectivity index (χ0n) is 10.3. The van der Waals surface area contributed by atoms with Crippen LogP contribution < -0.4 is 0 Å². The normalized spacial score (nSPS) is 12.1. The average molecular weight is 242 g/mol. The third-order valence-corrected chi connectivity index (χ3v) is 2.81. The van der Waals surface area contributed by atoms with Crippen LogP contribution in [0.5, 0.6) is 0 Å². The van der Waals surface area contributed by atoms with Crippen molar-refractivity contribution in [2.45, 2.75) is 19.5 Å². The van der Waals surface area contributed by atoms with Crippen LogP contribution in [0.15, 0.2) is 49.3 Å². The SMILES string of the molecule is C=CC(F)c1ccc(-c2ncc(CC)cn2)cc1. The van der Waals surface area contributed by atoms with Gasteiger partial charge >= 0.3 is 0 Å². The molecule has 0 aliphatic heterocycles. The number of nitrogens with zero attached hydrogens (tertiary/aromatic N) is 2. The molecule has 0 fully saturated rings. The first-order chi connectivity index (χ1) is 8.74. The monoisotopic (exact) mass is 242 g/mol. The molecule has 1 aromatic heterocycles. The van der Waals surface area contributed by atoms with E-state index in [1.165, 1.54) is 6.08 Å². The van der Waals surface area contributed by atoms with Gasteiger partial charge in [0.1, 0.15) is 6.17 Å². The number of allylic oxidation sites excluding steroid dienone is 1. The van der Waals surface area contributed by atoms with Gasteiger partial charge in [0.2, 0.25) is 0 Å². The van der Waals surface area contributed by atoms with E-state index in [-0.39, 0.29) is 0 Å². The second-order valence-electron chi connectivity index (χ2n) is 4.03. The molecule has 0 spiro atoms. The van der Waals surface area contributed by atoms with Crippen molar-refractivity contribution < 1.29 is 4.39 Å². The van der Waals surface area contributed by atoms with Crippen molar-refractivity contribution in [1.82, 2.24) is 9.97 Å². The van der Waals surface area contributed by atoms with Crippen LogP contribution in [0.3, 0.4) is 0 Å². The maximum absolute atomic E-state index is 13.3. The van der Waals surface area contributed by atoms with Crippen molar-refractivity contribution in [3.05, 3.63) is 60.4 Å². The number of alkyl halides is 1. The first-order valence-electron chi connectivity index (χ1n) is 5.92. The van der Waals surface area contributed by atoms with E-state index in [0.29, 0.717) is 11.4 Å². The number of hydrogen-bond acceptors (Lipinski definition) is 2. The van der Waals surface area contributed by atoms with Crippen molar-refractivity contribution in [1.29, 1.82) is 0 Å². The Morgan fingerprint density at radius 3 is 2.33 bits per heavy atom. The van der Waals surface area contributed by atoms with Crippen molar-refractivity contribution in [3.63, 3.8) is 0 Å². The Morgan fingerprint density at radius 2 is 1.83 bits per heavy atom. The summed E-state index contributed by atoms with van der Waals surface area (Å²) in [5.74, 6) is 0.660. The van der Waals surface area contributed by atoms with E-state index in [0.717, 1.165) is 17.5 Å². The van der Waals surface area contributed by atoms with Crippen LogP contribution in [0, 0.1) is 0 Å². The van der Waals surface area contributed by atoms with Gasteiger partial charge in [-0.15, -0.1) is 0 Å². The molecule has 1 atom stereocenters. The van der Waals surface area contributed by atoms with Crippen LogP contribution >= 0.6 is 0 Å². The minimum Gasteiger partial charge on any atom is -0.238 e. The van der Waals surface area contributed by atoms with Gasteiger partial charge in [-0.25, -0.2) is 14.4 Å². The topological polar surface area (TPSA) is 25.8 Å². The molecule has 0 aliphatic carbocycles. The standard InChI is InChI=1S/C15H15FN2/c1-3-11-9-17-15(18-10-11)13-7-5-12(6-8-13)14(16)4-2/h4-10,14H,2-3H2,1H3. The first kappa shape index (κ1) is 12.4. The van der Waals surface area contributed by atoms with Gasteiger partial charge in [0.25, 0.3) is 0 Å². The fraction of sp³-hybridized carbons (Fsp3) is 0.200. The van der Waals surface area contributed by atoms with Crippen molar-refractivity contribution in [2.24, 2.45) is 0 Å². The number of aryl methyl sites for hydroxylation is 1. The third-order valence-electron chi connectivity index (χ3n) is 2.81. The molecule has 2 rings (SSSR count). The van der Waals surface area contributed by atoms with Gasteiger partial charge in [0.15, 0.2) is 5.82 Å². The lowest BCUT2D eigenvalue weighted by Crippen LogP contribution is -1.92. The van der Waals surface area contributed by atoms with Gasteiger partial charge in [0.05, 0.1) is 0 Å². The fourth-order valence-electron chi connectivity index (χ4n) is 1.64. The van der Waals surface area contributed by atoms with E-state index in [2.05, 4.69) is 23.5 Å². The quantitative estimate of drug-likeness (QED) is 0.760. The Labute approximate surface area is 106 Å². The molecule has 3 heteroatoms. The molecular formula is C15H15FN2. The van der Waals surface area contributed by atoms with Crippen molar-refractivity contribution in [3.8, 4) is 11.4 Å². The van der Waals surface area contributed by atoms with E-state index in [4.69, 9.17) is 0 Å². The van der Waals surface area contributed by atoms with Gasteiger partial charge < -0.3 is 0 Å². The number of aromatic nitrogens is 2. The highest BCUT2D eigenvalue weighted by atomic mass is 19.1. The third kappa shape index (κ3) is 2.62. The van der Waals surface area contributed by atoms with Crippen LogP contribution in [0.4, 0.5) is 4.39 Å². The molecule has 0 bridgehead atoms. The molecule has 1 heterocycles. The lowest BCUT2D eigenvalue weighted by molar-refractivity contribution is 0.415. The van der Waals surface area contributed by atoms with Crippen molar-refractivity contribution in [2.75, 3.05) is 0 Å². The molecule has 18 heavy (non-hydrogen) atoms. The summed E-state index contributed by atoms with van der Waals surface area (Å²) < 4.78 is 13.3. The Kier molecular flexibility index (Phi) is 3.82. The Balaban J connectivity index is 2.25. The molecule has 2 nitrogen and oxygen atoms in total. The minimum absolute atomic E-state index is 0.596. The lowest BCUT2D eigenvalue weighted by atomic mass is 10.1. The second kappa shape index (κ2) is 5.54. The number of benzene rings is 1. The highest BCUT2D eigenvalue weighted by molar-refractivity contribution is 5.55. The molecule has 0 N–H and O–H groups in total. The molecule has 2 aromatic rings. The van der Waals surface area contributed by atoms with E-state index in [1.54, 1.807) is 12.1 Å². The summed E-state index contributed by atoms with van der Waals surface area (Å²) in [6, 6.07) is 7.12. The summed E-state index contributed by atoms with van der Waals surface area (Å²) in [4.78, 5) is 8.58. The van der Waals surface area contributed by atoms with E-state index in [1.807, 2.05) is 24.5 Å².